The standard InChI is InChI=1S/C27H38ClN3O5S/c1-19(2)17-29-27(33)21(4)30(18-22-10-7-9-20(3)15-22)26(32)11-8-14-31(37(6,34)35)23-12-13-25(36-5)24(28)16-23/h7,9-10,12-13,15-16,19,21H,8,11,14,17-18H2,1-6H3,(H,29,33). The predicted octanol–water partition coefficient (Wildman–Crippen LogP) is 4.39. The zero-order chi connectivity index (χ0) is 27.8. The number of amides is 2. The lowest BCUT2D eigenvalue weighted by Crippen LogP contribution is -2.48. The number of halogens is 1. The number of hydrogen-bond donors (Lipinski definition) is 1. The molecule has 0 aliphatic carbocycles. The highest BCUT2D eigenvalue weighted by Gasteiger charge is 2.27. The Morgan fingerprint density at radius 1 is 1.11 bits per heavy atom. The average molecular weight is 552 g/mol. The van der Waals surface area contributed by atoms with Gasteiger partial charge in [0.25, 0.3) is 0 Å². The molecule has 8 nitrogen and oxygen atoms in total. The molecule has 0 heterocycles. The van der Waals surface area contributed by atoms with Crippen molar-refractivity contribution in [2.75, 3.05) is 30.8 Å². The molecule has 0 saturated carbocycles. The number of nitrogens with one attached hydrogen (secondary N) is 1. The van der Waals surface area contributed by atoms with Gasteiger partial charge in [-0.1, -0.05) is 55.3 Å². The normalized spacial score (nSPS) is 12.2. The minimum absolute atomic E-state index is 0.0729. The highest BCUT2D eigenvalue weighted by Crippen LogP contribution is 2.30. The third kappa shape index (κ3) is 9.23. The SMILES string of the molecule is COc1ccc(N(CCCC(=O)N(Cc2cccc(C)c2)C(C)C(=O)NCC(C)C)S(C)(=O)=O)cc1Cl. The van der Waals surface area contributed by atoms with Crippen molar-refractivity contribution in [3.05, 3.63) is 58.6 Å². The summed E-state index contributed by atoms with van der Waals surface area (Å²) >= 11 is 6.20. The molecule has 0 aromatic heterocycles. The number of carbonyl (C=O) groups is 2. The highest BCUT2D eigenvalue weighted by atomic mass is 35.5. The van der Waals surface area contributed by atoms with Crippen molar-refractivity contribution in [1.82, 2.24) is 10.2 Å². The summed E-state index contributed by atoms with van der Waals surface area (Å²) in [6, 6.07) is 11.8. The summed E-state index contributed by atoms with van der Waals surface area (Å²) in [6.45, 7) is 8.57. The fourth-order valence-electron chi connectivity index (χ4n) is 3.86. The molecular weight excluding hydrogens is 514 g/mol. The largest absolute Gasteiger partial charge is 0.495 e. The molecule has 1 unspecified atom stereocenters. The zero-order valence-electron chi connectivity index (χ0n) is 22.5. The van der Waals surface area contributed by atoms with Gasteiger partial charge >= 0.3 is 0 Å². The lowest BCUT2D eigenvalue weighted by molar-refractivity contribution is -0.140. The molecule has 1 atom stereocenters. The molecule has 37 heavy (non-hydrogen) atoms. The molecule has 1 N–H and O–H groups in total. The van der Waals surface area contributed by atoms with Crippen LogP contribution >= 0.6 is 11.6 Å². The van der Waals surface area contributed by atoms with E-state index in [9.17, 15) is 18.0 Å². The lowest BCUT2D eigenvalue weighted by Gasteiger charge is -2.30. The Hall–Kier alpha value is -2.78. The number of aryl methyl sites for hydroxylation is 1. The van der Waals surface area contributed by atoms with Crippen LogP contribution in [0, 0.1) is 12.8 Å². The van der Waals surface area contributed by atoms with E-state index in [-0.39, 0.29) is 48.7 Å². The maximum Gasteiger partial charge on any atom is 0.242 e. The molecule has 0 fully saturated rings. The maximum atomic E-state index is 13.4. The number of benzene rings is 2. The first-order valence-corrected chi connectivity index (χ1v) is 14.5. The van der Waals surface area contributed by atoms with Crippen LogP contribution in [0.1, 0.15) is 44.7 Å². The fraction of sp³-hybridized carbons (Fsp3) is 0.481. The van der Waals surface area contributed by atoms with Crippen LogP contribution in [0.15, 0.2) is 42.5 Å². The van der Waals surface area contributed by atoms with Crippen LogP contribution in [0.3, 0.4) is 0 Å². The molecule has 0 aliphatic rings. The van der Waals surface area contributed by atoms with Gasteiger partial charge in [-0.25, -0.2) is 8.42 Å². The summed E-state index contributed by atoms with van der Waals surface area (Å²) in [4.78, 5) is 27.7. The number of methoxy groups -OCH3 is 1. The Bertz CT molecular complexity index is 1190. The van der Waals surface area contributed by atoms with Gasteiger partial charge < -0.3 is 15.0 Å². The van der Waals surface area contributed by atoms with Crippen LogP contribution in [0.25, 0.3) is 0 Å². The van der Waals surface area contributed by atoms with E-state index in [2.05, 4.69) is 5.32 Å². The van der Waals surface area contributed by atoms with Crippen molar-refractivity contribution >= 4 is 39.1 Å². The number of anilines is 1. The van der Waals surface area contributed by atoms with Crippen LogP contribution in [0.4, 0.5) is 5.69 Å². The van der Waals surface area contributed by atoms with Gasteiger partial charge in [0.05, 0.1) is 24.1 Å². The van der Waals surface area contributed by atoms with Crippen LogP contribution in [0.2, 0.25) is 5.02 Å². The number of ether oxygens (including phenoxy) is 1. The maximum absolute atomic E-state index is 13.4. The van der Waals surface area contributed by atoms with Gasteiger partial charge in [-0.2, -0.15) is 0 Å². The smallest absolute Gasteiger partial charge is 0.242 e. The van der Waals surface area contributed by atoms with Gasteiger partial charge in [-0.3, -0.25) is 13.9 Å². The first-order valence-electron chi connectivity index (χ1n) is 12.3. The number of hydrogen-bond acceptors (Lipinski definition) is 5. The van der Waals surface area contributed by atoms with E-state index in [0.717, 1.165) is 17.4 Å². The summed E-state index contributed by atoms with van der Waals surface area (Å²) in [7, 11) is -2.15. The van der Waals surface area contributed by atoms with Gasteiger partial charge in [0.15, 0.2) is 0 Å². The van der Waals surface area contributed by atoms with Gasteiger partial charge in [0, 0.05) is 26.1 Å². The van der Waals surface area contributed by atoms with Crippen molar-refractivity contribution in [3.63, 3.8) is 0 Å². The summed E-state index contributed by atoms with van der Waals surface area (Å²) in [5.74, 6) is 0.270. The third-order valence-corrected chi connectivity index (χ3v) is 7.35. The first-order chi connectivity index (χ1) is 17.3. The third-order valence-electron chi connectivity index (χ3n) is 5.86. The molecule has 0 bridgehead atoms. The molecule has 10 heteroatoms. The lowest BCUT2D eigenvalue weighted by atomic mass is 10.1. The minimum Gasteiger partial charge on any atom is -0.495 e. The van der Waals surface area contributed by atoms with E-state index in [1.54, 1.807) is 24.0 Å². The molecule has 2 amide bonds. The van der Waals surface area contributed by atoms with Crippen LogP contribution in [-0.2, 0) is 26.2 Å². The highest BCUT2D eigenvalue weighted by molar-refractivity contribution is 7.92. The average Bonchev–Trinajstić information content (AvgIpc) is 2.82. The molecule has 0 saturated heterocycles. The van der Waals surface area contributed by atoms with E-state index in [1.165, 1.54) is 17.5 Å². The first kappa shape index (κ1) is 30.4. The fourth-order valence-corrected chi connectivity index (χ4v) is 5.07. The molecule has 2 aromatic rings. The Morgan fingerprint density at radius 2 is 1.81 bits per heavy atom. The summed E-state index contributed by atoms with van der Waals surface area (Å²) in [5.41, 5.74) is 2.37. The molecule has 0 aliphatic heterocycles. The summed E-state index contributed by atoms with van der Waals surface area (Å²) in [6.07, 6.45) is 1.45. The topological polar surface area (TPSA) is 96.0 Å². The van der Waals surface area contributed by atoms with Crippen LogP contribution < -0.4 is 14.4 Å². The summed E-state index contributed by atoms with van der Waals surface area (Å²) in [5, 5.41) is 3.19. The van der Waals surface area contributed by atoms with Gasteiger partial charge in [-0.15, -0.1) is 0 Å². The van der Waals surface area contributed by atoms with Crippen molar-refractivity contribution in [3.8, 4) is 5.75 Å². The van der Waals surface area contributed by atoms with Crippen molar-refractivity contribution in [2.45, 2.75) is 53.1 Å². The van der Waals surface area contributed by atoms with E-state index in [4.69, 9.17) is 16.3 Å². The molecule has 204 valence electrons. The van der Waals surface area contributed by atoms with Crippen LogP contribution in [-0.4, -0.2) is 57.6 Å². The van der Waals surface area contributed by atoms with E-state index in [1.807, 2.05) is 45.0 Å². The minimum atomic E-state index is -3.63. The Kier molecular flexibility index (Phi) is 11.3. The molecular formula is C27H38ClN3O5S. The zero-order valence-corrected chi connectivity index (χ0v) is 24.0. The monoisotopic (exact) mass is 551 g/mol. The number of nitrogens with zero attached hydrogens (tertiary/aromatic N) is 2. The number of sulfonamides is 1. The molecule has 2 rings (SSSR count). The molecule has 2 aromatic carbocycles. The van der Waals surface area contributed by atoms with Gasteiger partial charge in [0.2, 0.25) is 21.8 Å². The Balaban J connectivity index is 2.18. The molecule has 0 spiro atoms. The Morgan fingerprint density at radius 3 is 2.38 bits per heavy atom. The molecule has 0 radical (unpaired) electrons. The summed E-state index contributed by atoms with van der Waals surface area (Å²) < 4.78 is 31.4. The Labute approximate surface area is 226 Å². The van der Waals surface area contributed by atoms with Gasteiger partial charge in [0.1, 0.15) is 11.8 Å². The van der Waals surface area contributed by atoms with Crippen molar-refractivity contribution in [1.29, 1.82) is 0 Å². The second-order valence-electron chi connectivity index (χ2n) is 9.58. The predicted molar refractivity (Wildman–Crippen MR) is 148 cm³/mol. The van der Waals surface area contributed by atoms with Crippen LogP contribution in [0.5, 0.6) is 5.75 Å². The second kappa shape index (κ2) is 13.7. The van der Waals surface area contributed by atoms with Gasteiger partial charge in [-0.05, 0) is 49.9 Å². The number of carbonyl (C=O) groups excluding carboxylic acids is 2. The van der Waals surface area contributed by atoms with E-state index < -0.39 is 16.1 Å². The van der Waals surface area contributed by atoms with Crippen molar-refractivity contribution < 1.29 is 22.7 Å². The second-order valence-corrected chi connectivity index (χ2v) is 11.9. The van der Waals surface area contributed by atoms with E-state index >= 15 is 0 Å². The quantitative estimate of drug-likeness (QED) is 0.398. The van der Waals surface area contributed by atoms with E-state index in [0.29, 0.717) is 18.0 Å². The van der Waals surface area contributed by atoms with Crippen molar-refractivity contribution in [2.24, 2.45) is 5.92 Å². The number of rotatable bonds is 13.